The predicted molar refractivity (Wildman–Crippen MR) is 63.8 cm³/mol. The Kier molecular flexibility index (Phi) is 3.30. The standard InChI is InChI=1S/C14H16O2/c1-11-3-7-14(16-11)10-6-12-4-8-13(15-2)9-5-12/h3-5,7-9H,6,10H2,1-2H3. The number of methoxy groups -OCH3 is 1. The normalized spacial score (nSPS) is 10.4. The van der Waals surface area contributed by atoms with E-state index in [1.165, 1.54) is 5.56 Å². The molecular weight excluding hydrogens is 200 g/mol. The second-order valence-corrected chi connectivity index (χ2v) is 3.86. The Balaban J connectivity index is 1.94. The van der Waals surface area contributed by atoms with Gasteiger partial charge in [0, 0.05) is 6.42 Å². The van der Waals surface area contributed by atoms with E-state index >= 15 is 0 Å². The molecule has 2 heteroatoms. The van der Waals surface area contributed by atoms with Crippen LogP contribution in [0.3, 0.4) is 0 Å². The fraction of sp³-hybridized carbons (Fsp3) is 0.286. The summed E-state index contributed by atoms with van der Waals surface area (Å²) in [6.07, 6.45) is 1.94. The summed E-state index contributed by atoms with van der Waals surface area (Å²) in [7, 11) is 1.68. The topological polar surface area (TPSA) is 22.4 Å². The Hall–Kier alpha value is -1.70. The van der Waals surface area contributed by atoms with Gasteiger partial charge in [-0.15, -0.1) is 0 Å². The molecule has 2 aromatic rings. The molecule has 0 saturated carbocycles. The van der Waals surface area contributed by atoms with Gasteiger partial charge in [0.15, 0.2) is 0 Å². The molecule has 0 aliphatic rings. The lowest BCUT2D eigenvalue weighted by molar-refractivity contribution is 0.414. The van der Waals surface area contributed by atoms with Crippen LogP contribution in [0.5, 0.6) is 5.75 Å². The second kappa shape index (κ2) is 4.88. The maximum absolute atomic E-state index is 5.53. The van der Waals surface area contributed by atoms with Crippen molar-refractivity contribution in [2.24, 2.45) is 0 Å². The molecule has 16 heavy (non-hydrogen) atoms. The molecule has 0 radical (unpaired) electrons. The van der Waals surface area contributed by atoms with E-state index in [9.17, 15) is 0 Å². The molecular formula is C14H16O2. The lowest BCUT2D eigenvalue weighted by atomic mass is 10.1. The van der Waals surface area contributed by atoms with Gasteiger partial charge >= 0.3 is 0 Å². The fourth-order valence-corrected chi connectivity index (χ4v) is 1.68. The summed E-state index contributed by atoms with van der Waals surface area (Å²) in [5.41, 5.74) is 1.30. The van der Waals surface area contributed by atoms with E-state index in [1.54, 1.807) is 7.11 Å². The van der Waals surface area contributed by atoms with E-state index < -0.39 is 0 Å². The number of ether oxygens (including phenoxy) is 1. The molecule has 0 atom stereocenters. The van der Waals surface area contributed by atoms with Gasteiger partial charge in [-0.25, -0.2) is 0 Å². The quantitative estimate of drug-likeness (QED) is 0.781. The van der Waals surface area contributed by atoms with Crippen molar-refractivity contribution in [3.63, 3.8) is 0 Å². The van der Waals surface area contributed by atoms with Gasteiger partial charge in [-0.2, -0.15) is 0 Å². The van der Waals surface area contributed by atoms with Crippen LogP contribution in [0.2, 0.25) is 0 Å². The molecule has 1 aromatic carbocycles. The first-order chi connectivity index (χ1) is 7.78. The minimum Gasteiger partial charge on any atom is -0.497 e. The molecule has 0 fully saturated rings. The van der Waals surface area contributed by atoms with E-state index in [4.69, 9.17) is 9.15 Å². The predicted octanol–water partition coefficient (Wildman–Crippen LogP) is 3.38. The van der Waals surface area contributed by atoms with Gasteiger partial charge in [0.1, 0.15) is 17.3 Å². The Labute approximate surface area is 95.9 Å². The summed E-state index contributed by atoms with van der Waals surface area (Å²) in [4.78, 5) is 0. The lowest BCUT2D eigenvalue weighted by Crippen LogP contribution is -1.90. The summed E-state index contributed by atoms with van der Waals surface area (Å²) in [5, 5.41) is 0. The molecule has 0 unspecified atom stereocenters. The zero-order chi connectivity index (χ0) is 11.4. The molecule has 0 saturated heterocycles. The highest BCUT2D eigenvalue weighted by Crippen LogP contribution is 2.14. The first kappa shape index (κ1) is 10.8. The van der Waals surface area contributed by atoms with Crippen LogP contribution in [0, 0.1) is 6.92 Å². The van der Waals surface area contributed by atoms with Crippen molar-refractivity contribution >= 4 is 0 Å². The molecule has 2 nitrogen and oxygen atoms in total. The van der Waals surface area contributed by atoms with Crippen molar-refractivity contribution in [1.82, 2.24) is 0 Å². The zero-order valence-electron chi connectivity index (χ0n) is 9.69. The monoisotopic (exact) mass is 216 g/mol. The van der Waals surface area contributed by atoms with Crippen LogP contribution in [0.4, 0.5) is 0 Å². The van der Waals surface area contributed by atoms with Gasteiger partial charge in [0.05, 0.1) is 7.11 Å². The van der Waals surface area contributed by atoms with Crippen molar-refractivity contribution in [1.29, 1.82) is 0 Å². The van der Waals surface area contributed by atoms with Crippen LogP contribution in [0.15, 0.2) is 40.8 Å². The van der Waals surface area contributed by atoms with Gasteiger partial charge in [-0.05, 0) is 43.2 Å². The Morgan fingerprint density at radius 3 is 2.31 bits per heavy atom. The van der Waals surface area contributed by atoms with Gasteiger partial charge < -0.3 is 9.15 Å². The number of benzene rings is 1. The average Bonchev–Trinajstić information content (AvgIpc) is 2.73. The molecule has 0 spiro atoms. The SMILES string of the molecule is COc1ccc(CCc2ccc(C)o2)cc1. The first-order valence-electron chi connectivity index (χ1n) is 5.46. The maximum atomic E-state index is 5.53. The number of furan rings is 1. The summed E-state index contributed by atoms with van der Waals surface area (Å²) in [5.74, 6) is 2.93. The van der Waals surface area contributed by atoms with Gasteiger partial charge in [-0.3, -0.25) is 0 Å². The van der Waals surface area contributed by atoms with Crippen molar-refractivity contribution in [3.8, 4) is 5.75 Å². The van der Waals surface area contributed by atoms with Crippen LogP contribution in [-0.2, 0) is 12.8 Å². The smallest absolute Gasteiger partial charge is 0.118 e. The van der Waals surface area contributed by atoms with Crippen LogP contribution < -0.4 is 4.74 Å². The average molecular weight is 216 g/mol. The van der Waals surface area contributed by atoms with E-state index in [0.29, 0.717) is 0 Å². The first-order valence-corrected chi connectivity index (χ1v) is 5.46. The molecule has 1 heterocycles. The fourth-order valence-electron chi connectivity index (χ4n) is 1.68. The highest BCUT2D eigenvalue weighted by Gasteiger charge is 2.00. The number of hydrogen-bond donors (Lipinski definition) is 0. The molecule has 0 bridgehead atoms. The van der Waals surface area contributed by atoms with Crippen molar-refractivity contribution in [2.75, 3.05) is 7.11 Å². The van der Waals surface area contributed by atoms with Crippen molar-refractivity contribution in [3.05, 3.63) is 53.5 Å². The van der Waals surface area contributed by atoms with Crippen LogP contribution in [0.25, 0.3) is 0 Å². The van der Waals surface area contributed by atoms with Crippen molar-refractivity contribution < 1.29 is 9.15 Å². The summed E-state index contributed by atoms with van der Waals surface area (Å²) < 4.78 is 10.6. The zero-order valence-corrected chi connectivity index (χ0v) is 9.69. The van der Waals surface area contributed by atoms with Crippen LogP contribution >= 0.6 is 0 Å². The molecule has 0 aliphatic carbocycles. The summed E-state index contributed by atoms with van der Waals surface area (Å²) >= 11 is 0. The molecule has 0 amide bonds. The minimum atomic E-state index is 0.901. The Bertz CT molecular complexity index is 440. The molecule has 84 valence electrons. The van der Waals surface area contributed by atoms with E-state index in [-0.39, 0.29) is 0 Å². The lowest BCUT2D eigenvalue weighted by Gasteiger charge is -2.02. The van der Waals surface area contributed by atoms with Crippen LogP contribution in [0.1, 0.15) is 17.1 Å². The third-order valence-corrected chi connectivity index (χ3v) is 2.62. The maximum Gasteiger partial charge on any atom is 0.118 e. The number of hydrogen-bond acceptors (Lipinski definition) is 2. The largest absolute Gasteiger partial charge is 0.497 e. The summed E-state index contributed by atoms with van der Waals surface area (Å²) in [6, 6.07) is 12.2. The highest BCUT2D eigenvalue weighted by molar-refractivity contribution is 5.27. The van der Waals surface area contributed by atoms with Gasteiger partial charge in [-0.1, -0.05) is 12.1 Å². The van der Waals surface area contributed by atoms with E-state index in [2.05, 4.69) is 12.1 Å². The summed E-state index contributed by atoms with van der Waals surface area (Å²) in [6.45, 7) is 1.97. The van der Waals surface area contributed by atoms with E-state index in [1.807, 2.05) is 31.2 Å². The molecule has 2 rings (SSSR count). The number of rotatable bonds is 4. The van der Waals surface area contributed by atoms with Gasteiger partial charge in [0.25, 0.3) is 0 Å². The second-order valence-electron chi connectivity index (χ2n) is 3.86. The Morgan fingerprint density at radius 1 is 1.00 bits per heavy atom. The van der Waals surface area contributed by atoms with E-state index in [0.717, 1.165) is 30.1 Å². The molecule has 1 aromatic heterocycles. The molecule has 0 N–H and O–H groups in total. The highest BCUT2D eigenvalue weighted by atomic mass is 16.5. The van der Waals surface area contributed by atoms with Gasteiger partial charge in [0.2, 0.25) is 0 Å². The minimum absolute atomic E-state index is 0.901. The Morgan fingerprint density at radius 2 is 1.75 bits per heavy atom. The third-order valence-electron chi connectivity index (χ3n) is 2.62. The third kappa shape index (κ3) is 2.66. The van der Waals surface area contributed by atoms with Crippen molar-refractivity contribution in [2.45, 2.75) is 19.8 Å². The van der Waals surface area contributed by atoms with Crippen LogP contribution in [-0.4, -0.2) is 7.11 Å². The molecule has 0 aliphatic heterocycles. The number of aryl methyl sites for hydroxylation is 3.